The minimum Gasteiger partial charge on any atom is -0.482 e. The summed E-state index contributed by atoms with van der Waals surface area (Å²) in [6.07, 6.45) is -0.385. The third-order valence-electron chi connectivity index (χ3n) is 6.29. The highest BCUT2D eigenvalue weighted by Gasteiger charge is 2.21. The molecule has 39 heavy (non-hydrogen) atoms. The molecule has 15 heteroatoms. The number of benzene rings is 1. The zero-order valence-corrected chi connectivity index (χ0v) is 21.2. The lowest BCUT2D eigenvalue weighted by atomic mass is 10.2. The quantitative estimate of drug-likeness (QED) is 0.161. The number of piperazine rings is 1. The molecular weight excluding hydrogens is 510 g/mol. The van der Waals surface area contributed by atoms with Crippen molar-refractivity contribution in [3.63, 3.8) is 0 Å². The molecule has 1 aromatic carbocycles. The van der Waals surface area contributed by atoms with Gasteiger partial charge in [0, 0.05) is 57.6 Å². The van der Waals surface area contributed by atoms with Crippen molar-refractivity contribution in [2.75, 3.05) is 61.8 Å². The topological polar surface area (TPSA) is 216 Å². The van der Waals surface area contributed by atoms with E-state index in [9.17, 15) is 14.7 Å². The fourth-order valence-corrected chi connectivity index (χ4v) is 4.25. The predicted molar refractivity (Wildman–Crippen MR) is 142 cm³/mol. The van der Waals surface area contributed by atoms with Crippen LogP contribution >= 0.6 is 0 Å². The van der Waals surface area contributed by atoms with Crippen molar-refractivity contribution >= 4 is 41.3 Å². The molecule has 0 amide bonds. The molecule has 2 aromatic heterocycles. The van der Waals surface area contributed by atoms with E-state index in [0.29, 0.717) is 23.7 Å². The number of hydrogen-bond acceptors (Lipinski definition) is 12. The molecule has 1 saturated heterocycles. The van der Waals surface area contributed by atoms with Crippen molar-refractivity contribution in [2.24, 2.45) is 0 Å². The Balaban J connectivity index is 1.31. The number of hydrogen-bond donors (Lipinski definition) is 6. The Hall–Kier alpha value is -4.50. The van der Waals surface area contributed by atoms with Gasteiger partial charge in [-0.05, 0) is 30.7 Å². The van der Waals surface area contributed by atoms with Gasteiger partial charge >= 0.3 is 11.9 Å². The number of rotatable bonds is 13. The van der Waals surface area contributed by atoms with Crippen LogP contribution in [0.15, 0.2) is 24.3 Å². The molecule has 15 nitrogen and oxygen atoms in total. The number of nitrogen functional groups attached to an aromatic ring is 1. The van der Waals surface area contributed by atoms with Crippen LogP contribution in [0, 0.1) is 5.41 Å². The summed E-state index contributed by atoms with van der Waals surface area (Å²) in [6, 6.07) is 7.36. The zero-order valence-electron chi connectivity index (χ0n) is 21.2. The van der Waals surface area contributed by atoms with Crippen molar-refractivity contribution < 1.29 is 29.6 Å². The number of aliphatic carboxylic acids is 2. The SMILES string of the molecule is N=Cc1c(NCCN2CCN(c3ccc(OCC(=O)O)cc3)CC2)nc(N)n2nc(C(O)CCC(=O)O)nc12. The predicted octanol–water partition coefficient (Wildman–Crippen LogP) is 0.300. The minimum absolute atomic E-state index is 0.0188. The smallest absolute Gasteiger partial charge is 0.341 e. The van der Waals surface area contributed by atoms with E-state index in [4.69, 9.17) is 26.1 Å². The van der Waals surface area contributed by atoms with Crippen molar-refractivity contribution in [3.05, 3.63) is 35.7 Å². The molecule has 1 aliphatic rings. The number of carboxylic acids is 2. The number of carbonyl (C=O) groups is 2. The molecule has 0 saturated carbocycles. The highest BCUT2D eigenvalue weighted by molar-refractivity contribution is 5.92. The summed E-state index contributed by atoms with van der Waals surface area (Å²) in [6.45, 7) is 4.23. The molecule has 3 heterocycles. The van der Waals surface area contributed by atoms with E-state index in [1.165, 1.54) is 4.52 Å². The molecule has 1 aliphatic heterocycles. The van der Waals surface area contributed by atoms with E-state index in [1.54, 1.807) is 12.1 Å². The lowest BCUT2D eigenvalue weighted by Gasteiger charge is -2.36. The lowest BCUT2D eigenvalue weighted by Crippen LogP contribution is -2.47. The van der Waals surface area contributed by atoms with Crippen LogP contribution in [-0.2, 0) is 9.59 Å². The number of nitrogens with zero attached hydrogens (tertiary/aromatic N) is 6. The highest BCUT2D eigenvalue weighted by atomic mass is 16.5. The molecule has 1 fully saturated rings. The van der Waals surface area contributed by atoms with Crippen molar-refractivity contribution in [1.29, 1.82) is 5.41 Å². The molecule has 0 spiro atoms. The molecule has 0 aliphatic carbocycles. The van der Waals surface area contributed by atoms with E-state index in [-0.39, 0.29) is 36.9 Å². The van der Waals surface area contributed by atoms with Crippen LogP contribution in [0.5, 0.6) is 5.75 Å². The van der Waals surface area contributed by atoms with Gasteiger partial charge in [0.15, 0.2) is 18.1 Å². The van der Waals surface area contributed by atoms with Crippen LogP contribution in [0.2, 0.25) is 0 Å². The largest absolute Gasteiger partial charge is 0.482 e. The Kier molecular flexibility index (Phi) is 8.73. The van der Waals surface area contributed by atoms with Gasteiger partial charge in [-0.2, -0.15) is 9.50 Å². The molecule has 1 unspecified atom stereocenters. The second-order valence-corrected chi connectivity index (χ2v) is 8.96. The number of aliphatic hydroxyl groups is 1. The number of carboxylic acid groups (broad SMARTS) is 2. The molecule has 3 aromatic rings. The average Bonchev–Trinajstić information content (AvgIpc) is 3.38. The molecule has 208 valence electrons. The first-order valence-corrected chi connectivity index (χ1v) is 12.4. The van der Waals surface area contributed by atoms with Crippen LogP contribution in [0.1, 0.15) is 30.3 Å². The normalized spacial score (nSPS) is 14.7. The molecule has 0 radical (unpaired) electrons. The Morgan fingerprint density at radius 2 is 1.85 bits per heavy atom. The molecule has 0 bridgehead atoms. The standard InChI is InChI=1S/C24H31N9O6/c25-13-17-21(29-24(26)33-23(17)28-22(30-33)18(34)5-6-19(35)36)27-7-8-31-9-11-32(12-10-31)15-1-3-16(4-2-15)39-14-20(37)38/h1-4,13,18,25,27,34H,5-12,14H2,(H2,26,29)(H,35,36)(H,37,38). The first-order chi connectivity index (χ1) is 18.7. The van der Waals surface area contributed by atoms with Crippen LogP contribution in [-0.4, -0.2) is 104 Å². The Morgan fingerprint density at radius 1 is 1.13 bits per heavy atom. The molecule has 7 N–H and O–H groups in total. The van der Waals surface area contributed by atoms with E-state index in [0.717, 1.165) is 44.6 Å². The van der Waals surface area contributed by atoms with Gasteiger partial charge in [0.05, 0.1) is 5.56 Å². The highest BCUT2D eigenvalue weighted by Crippen LogP contribution is 2.23. The van der Waals surface area contributed by atoms with E-state index in [2.05, 4.69) is 30.2 Å². The maximum Gasteiger partial charge on any atom is 0.341 e. The van der Waals surface area contributed by atoms with Crippen LogP contribution < -0.4 is 20.7 Å². The summed E-state index contributed by atoms with van der Waals surface area (Å²) in [5.41, 5.74) is 7.69. The first-order valence-electron chi connectivity index (χ1n) is 12.4. The summed E-state index contributed by atoms with van der Waals surface area (Å²) in [4.78, 5) is 34.6. The fourth-order valence-electron chi connectivity index (χ4n) is 4.25. The molecular formula is C24H31N9O6. The fraction of sp³-hybridized carbons (Fsp3) is 0.417. The number of nitrogens with two attached hydrogens (primary N) is 1. The van der Waals surface area contributed by atoms with E-state index < -0.39 is 18.0 Å². The lowest BCUT2D eigenvalue weighted by molar-refractivity contribution is -0.139. The second kappa shape index (κ2) is 12.4. The van der Waals surface area contributed by atoms with Gasteiger partial charge in [0.25, 0.3) is 0 Å². The van der Waals surface area contributed by atoms with E-state index in [1.807, 2.05) is 12.1 Å². The Bertz CT molecular complexity index is 1320. The number of ether oxygens (including phenoxy) is 1. The van der Waals surface area contributed by atoms with Crippen molar-refractivity contribution in [1.82, 2.24) is 24.5 Å². The number of nitrogens with one attached hydrogen (secondary N) is 2. The van der Waals surface area contributed by atoms with Crippen molar-refractivity contribution in [2.45, 2.75) is 18.9 Å². The second-order valence-electron chi connectivity index (χ2n) is 8.96. The minimum atomic E-state index is -1.18. The van der Waals surface area contributed by atoms with Crippen LogP contribution in [0.4, 0.5) is 17.5 Å². The summed E-state index contributed by atoms with van der Waals surface area (Å²) in [5.74, 6) is -1.13. The first kappa shape index (κ1) is 27.5. The van der Waals surface area contributed by atoms with Gasteiger partial charge < -0.3 is 41.4 Å². The summed E-state index contributed by atoms with van der Waals surface area (Å²) >= 11 is 0. The van der Waals surface area contributed by atoms with Crippen LogP contribution in [0.3, 0.4) is 0 Å². The zero-order chi connectivity index (χ0) is 27.9. The molecule has 1 atom stereocenters. The third kappa shape index (κ3) is 6.88. The third-order valence-corrected chi connectivity index (χ3v) is 6.29. The van der Waals surface area contributed by atoms with Gasteiger partial charge in [-0.1, -0.05) is 0 Å². The Labute approximate surface area is 223 Å². The van der Waals surface area contributed by atoms with Crippen LogP contribution in [0.25, 0.3) is 5.65 Å². The van der Waals surface area contributed by atoms with Gasteiger partial charge in [-0.3, -0.25) is 9.69 Å². The number of fused-ring (bicyclic) bond motifs is 1. The van der Waals surface area contributed by atoms with Gasteiger partial charge in [-0.25, -0.2) is 9.78 Å². The average molecular weight is 542 g/mol. The monoisotopic (exact) mass is 541 g/mol. The van der Waals surface area contributed by atoms with E-state index >= 15 is 0 Å². The Morgan fingerprint density at radius 3 is 2.49 bits per heavy atom. The number of anilines is 3. The van der Waals surface area contributed by atoms with Gasteiger partial charge in [0.2, 0.25) is 5.95 Å². The summed E-state index contributed by atoms with van der Waals surface area (Å²) in [5, 5.41) is 43.0. The van der Waals surface area contributed by atoms with Gasteiger partial charge in [0.1, 0.15) is 17.7 Å². The molecule has 4 rings (SSSR count). The summed E-state index contributed by atoms with van der Waals surface area (Å²) < 4.78 is 6.42. The van der Waals surface area contributed by atoms with Gasteiger partial charge in [-0.15, -0.1) is 5.10 Å². The maximum atomic E-state index is 10.8. The number of aliphatic hydroxyl groups excluding tert-OH is 1. The van der Waals surface area contributed by atoms with Crippen molar-refractivity contribution in [3.8, 4) is 5.75 Å². The summed E-state index contributed by atoms with van der Waals surface area (Å²) in [7, 11) is 0. The number of aromatic nitrogens is 4. The maximum absolute atomic E-state index is 10.8.